The third-order valence-electron chi connectivity index (χ3n) is 6.41. The maximum atomic E-state index is 13.6. The molecule has 0 bridgehead atoms. The fourth-order valence-corrected chi connectivity index (χ4v) is 4.57. The van der Waals surface area contributed by atoms with Crippen molar-refractivity contribution in [2.45, 2.75) is 32.2 Å². The first-order valence-electron chi connectivity index (χ1n) is 11.1. The molecule has 2 amide bonds. The van der Waals surface area contributed by atoms with Crippen molar-refractivity contribution < 1.29 is 14.3 Å². The van der Waals surface area contributed by atoms with Crippen LogP contribution in [0.2, 0.25) is 0 Å². The minimum Gasteiger partial charge on any atom is -0.497 e. The second kappa shape index (κ2) is 9.52. The number of rotatable bonds is 5. The van der Waals surface area contributed by atoms with E-state index in [1.54, 1.807) is 13.2 Å². The molecule has 0 aromatic heterocycles. The molecule has 4 rings (SSSR count). The quantitative estimate of drug-likeness (QED) is 0.803. The predicted octanol–water partition coefficient (Wildman–Crippen LogP) is 3.49. The highest BCUT2D eigenvalue weighted by molar-refractivity contribution is 5.93. The van der Waals surface area contributed by atoms with Gasteiger partial charge in [-0.3, -0.25) is 14.5 Å². The van der Waals surface area contributed by atoms with Gasteiger partial charge in [-0.2, -0.15) is 0 Å². The van der Waals surface area contributed by atoms with Crippen molar-refractivity contribution in [2.24, 2.45) is 5.92 Å². The second-order valence-corrected chi connectivity index (χ2v) is 8.61. The number of hydrogen-bond acceptors (Lipinski definition) is 4. The zero-order chi connectivity index (χ0) is 21.8. The van der Waals surface area contributed by atoms with E-state index in [1.807, 2.05) is 46.2 Å². The van der Waals surface area contributed by atoms with Crippen LogP contribution in [-0.4, -0.2) is 54.9 Å². The number of amides is 2. The molecule has 164 valence electrons. The number of hydrogen-bond donors (Lipinski definition) is 1. The van der Waals surface area contributed by atoms with Gasteiger partial charge < -0.3 is 15.0 Å². The first kappa shape index (κ1) is 21.4. The van der Waals surface area contributed by atoms with Crippen LogP contribution in [0.25, 0.3) is 0 Å². The van der Waals surface area contributed by atoms with Crippen LogP contribution in [0.5, 0.6) is 5.75 Å². The molecule has 0 aliphatic carbocycles. The number of carbonyl (C=O) groups is 2. The van der Waals surface area contributed by atoms with E-state index in [0.29, 0.717) is 23.9 Å². The summed E-state index contributed by atoms with van der Waals surface area (Å²) in [6, 6.07) is 15.0. The highest BCUT2D eigenvalue weighted by Crippen LogP contribution is 2.32. The molecule has 0 radical (unpaired) electrons. The molecule has 0 saturated carbocycles. The third-order valence-corrected chi connectivity index (χ3v) is 6.41. The molecule has 2 aliphatic heterocycles. The van der Waals surface area contributed by atoms with E-state index in [4.69, 9.17) is 4.74 Å². The van der Waals surface area contributed by atoms with E-state index in [-0.39, 0.29) is 18.4 Å². The Bertz CT molecular complexity index is 937. The molecular weight excluding hydrogens is 390 g/mol. The van der Waals surface area contributed by atoms with E-state index in [1.165, 1.54) is 5.56 Å². The van der Waals surface area contributed by atoms with Gasteiger partial charge in [-0.25, -0.2) is 0 Å². The van der Waals surface area contributed by atoms with Crippen LogP contribution in [0.1, 0.15) is 36.9 Å². The number of benzene rings is 2. The van der Waals surface area contributed by atoms with Gasteiger partial charge in [0.25, 0.3) is 0 Å². The Morgan fingerprint density at radius 2 is 1.84 bits per heavy atom. The van der Waals surface area contributed by atoms with Crippen molar-refractivity contribution in [1.82, 2.24) is 9.80 Å². The maximum absolute atomic E-state index is 13.6. The van der Waals surface area contributed by atoms with Crippen LogP contribution < -0.4 is 10.1 Å². The molecule has 31 heavy (non-hydrogen) atoms. The lowest BCUT2D eigenvalue weighted by Gasteiger charge is -2.40. The monoisotopic (exact) mass is 421 g/mol. The molecule has 6 nitrogen and oxygen atoms in total. The van der Waals surface area contributed by atoms with Crippen LogP contribution in [-0.2, 0) is 16.0 Å². The summed E-state index contributed by atoms with van der Waals surface area (Å²) in [6.07, 6.45) is 2.91. The second-order valence-electron chi connectivity index (χ2n) is 8.61. The Kier molecular flexibility index (Phi) is 6.56. The van der Waals surface area contributed by atoms with Crippen molar-refractivity contribution in [3.63, 3.8) is 0 Å². The van der Waals surface area contributed by atoms with Crippen molar-refractivity contribution >= 4 is 17.5 Å². The molecule has 1 fully saturated rings. The van der Waals surface area contributed by atoms with Crippen LogP contribution >= 0.6 is 0 Å². The number of fused-ring (bicyclic) bond motifs is 1. The van der Waals surface area contributed by atoms with Crippen molar-refractivity contribution in [1.29, 1.82) is 0 Å². The van der Waals surface area contributed by atoms with Gasteiger partial charge in [0.15, 0.2) is 0 Å². The van der Waals surface area contributed by atoms with Gasteiger partial charge in [-0.1, -0.05) is 37.3 Å². The normalized spacial score (nSPS) is 19.5. The van der Waals surface area contributed by atoms with Crippen LogP contribution in [0.15, 0.2) is 48.5 Å². The lowest BCUT2D eigenvalue weighted by atomic mass is 9.90. The Balaban J connectivity index is 1.52. The molecule has 1 N–H and O–H groups in total. The van der Waals surface area contributed by atoms with Gasteiger partial charge in [-0.15, -0.1) is 0 Å². The van der Waals surface area contributed by atoms with E-state index < -0.39 is 6.04 Å². The summed E-state index contributed by atoms with van der Waals surface area (Å²) in [7, 11) is 1.60. The molecule has 0 spiro atoms. The molecule has 2 aliphatic rings. The number of nitrogens with one attached hydrogen (secondary N) is 1. The fourth-order valence-electron chi connectivity index (χ4n) is 4.57. The number of ether oxygens (including phenoxy) is 1. The Hall–Kier alpha value is -2.86. The average Bonchev–Trinajstić information content (AvgIpc) is 2.79. The zero-order valence-electron chi connectivity index (χ0n) is 18.3. The predicted molar refractivity (Wildman–Crippen MR) is 121 cm³/mol. The summed E-state index contributed by atoms with van der Waals surface area (Å²) in [4.78, 5) is 30.5. The Morgan fingerprint density at radius 3 is 2.61 bits per heavy atom. The van der Waals surface area contributed by atoms with Gasteiger partial charge in [0.1, 0.15) is 11.8 Å². The first-order chi connectivity index (χ1) is 15.0. The van der Waals surface area contributed by atoms with Gasteiger partial charge in [0.2, 0.25) is 11.8 Å². The van der Waals surface area contributed by atoms with Crippen LogP contribution in [0.3, 0.4) is 0 Å². The van der Waals surface area contributed by atoms with Crippen molar-refractivity contribution in [3.05, 3.63) is 59.7 Å². The maximum Gasteiger partial charge on any atom is 0.244 e. The summed E-state index contributed by atoms with van der Waals surface area (Å²) < 4.78 is 5.24. The van der Waals surface area contributed by atoms with Gasteiger partial charge in [0.05, 0.1) is 13.7 Å². The third kappa shape index (κ3) is 4.90. The molecule has 1 unspecified atom stereocenters. The van der Waals surface area contributed by atoms with Crippen LogP contribution in [0, 0.1) is 5.92 Å². The molecular formula is C25H31N3O3. The van der Waals surface area contributed by atoms with E-state index in [9.17, 15) is 9.59 Å². The molecule has 2 heterocycles. The van der Waals surface area contributed by atoms with E-state index >= 15 is 0 Å². The number of likely N-dealkylation sites (tertiary alicyclic amines) is 1. The average molecular weight is 422 g/mol. The highest BCUT2D eigenvalue weighted by atomic mass is 16.5. The number of carbonyl (C=O) groups excluding carboxylic acids is 2. The zero-order valence-corrected chi connectivity index (χ0v) is 18.3. The SMILES string of the molecule is COc1cccc(NC(=O)CN2CCc3ccccc3C2C(=O)N2CCC(C)CC2)c1. The van der Waals surface area contributed by atoms with E-state index in [0.717, 1.165) is 37.9 Å². The fraction of sp³-hybridized carbons (Fsp3) is 0.440. The smallest absolute Gasteiger partial charge is 0.244 e. The summed E-state index contributed by atoms with van der Waals surface area (Å²) in [6.45, 7) is 4.69. The number of nitrogens with zero attached hydrogens (tertiary/aromatic N) is 2. The summed E-state index contributed by atoms with van der Waals surface area (Å²) in [5.74, 6) is 1.34. The molecule has 6 heteroatoms. The van der Waals surface area contributed by atoms with Crippen molar-refractivity contribution in [2.75, 3.05) is 38.6 Å². The summed E-state index contributed by atoms with van der Waals surface area (Å²) in [5, 5.41) is 2.95. The Morgan fingerprint density at radius 1 is 1.06 bits per heavy atom. The minimum absolute atomic E-state index is 0.119. The summed E-state index contributed by atoms with van der Waals surface area (Å²) >= 11 is 0. The molecule has 2 aromatic carbocycles. The number of methoxy groups -OCH3 is 1. The highest BCUT2D eigenvalue weighted by Gasteiger charge is 2.37. The van der Waals surface area contributed by atoms with E-state index in [2.05, 4.69) is 18.3 Å². The lowest BCUT2D eigenvalue weighted by Crippen LogP contribution is -2.50. The molecule has 1 atom stereocenters. The topological polar surface area (TPSA) is 61.9 Å². The Labute approximate surface area is 184 Å². The minimum atomic E-state index is -0.408. The number of anilines is 1. The number of piperidine rings is 1. The summed E-state index contributed by atoms with van der Waals surface area (Å²) in [5.41, 5.74) is 2.93. The lowest BCUT2D eigenvalue weighted by molar-refractivity contribution is -0.139. The standard InChI is InChI=1S/C25H31N3O3/c1-18-10-13-27(14-11-18)25(30)24-22-9-4-3-6-19(22)12-15-28(24)17-23(29)26-20-7-5-8-21(16-20)31-2/h3-9,16,18,24H,10-15,17H2,1-2H3,(H,26,29). The largest absolute Gasteiger partial charge is 0.497 e. The van der Waals surface area contributed by atoms with Crippen molar-refractivity contribution in [3.8, 4) is 5.75 Å². The molecule has 1 saturated heterocycles. The van der Waals surface area contributed by atoms with Gasteiger partial charge in [0, 0.05) is 31.4 Å². The first-order valence-corrected chi connectivity index (χ1v) is 11.1. The van der Waals surface area contributed by atoms with Gasteiger partial charge >= 0.3 is 0 Å². The molecule has 2 aromatic rings. The van der Waals surface area contributed by atoms with Gasteiger partial charge in [-0.05, 0) is 48.4 Å². The van der Waals surface area contributed by atoms with Crippen LogP contribution in [0.4, 0.5) is 5.69 Å².